The molecule has 0 radical (unpaired) electrons. The van der Waals surface area contributed by atoms with Crippen LogP contribution in [0.3, 0.4) is 0 Å². The van der Waals surface area contributed by atoms with Gasteiger partial charge >= 0.3 is 0 Å². The quantitative estimate of drug-likeness (QED) is 0.691. The molecule has 0 aliphatic heterocycles. The highest BCUT2D eigenvalue weighted by atomic mass is 35.5. The third-order valence-electron chi connectivity index (χ3n) is 1.34. The second-order valence-electron chi connectivity index (χ2n) is 2.23. The Kier molecular flexibility index (Phi) is 4.06. The summed E-state index contributed by atoms with van der Waals surface area (Å²) in [6, 6.07) is 7.65. The fourth-order valence-electron chi connectivity index (χ4n) is 0.830. The van der Waals surface area contributed by atoms with Gasteiger partial charge in [-0.05, 0) is 17.9 Å². The predicted octanol–water partition coefficient (Wildman–Crippen LogP) is 3.77. The van der Waals surface area contributed by atoms with Gasteiger partial charge in [-0.25, -0.2) is 0 Å². The van der Waals surface area contributed by atoms with Gasteiger partial charge in [0, 0.05) is 10.6 Å². The minimum absolute atomic E-state index is 0.742. The summed E-state index contributed by atoms with van der Waals surface area (Å²) in [5.74, 6) is 1.01. The van der Waals surface area contributed by atoms with E-state index >= 15 is 0 Å². The maximum atomic E-state index is 5.82. The number of thiocarbonyl (C=S) groups is 1. The third kappa shape index (κ3) is 2.77. The number of hydrogen-bond donors (Lipinski definition) is 0. The zero-order valence-electron chi connectivity index (χ0n) is 6.71. The van der Waals surface area contributed by atoms with Gasteiger partial charge in [0.05, 0.1) is 4.20 Å². The van der Waals surface area contributed by atoms with E-state index in [0.717, 1.165) is 20.5 Å². The highest BCUT2D eigenvalue weighted by Gasteiger charge is 2.00. The average molecular weight is 217 g/mol. The van der Waals surface area contributed by atoms with Crippen LogP contribution in [0, 0.1) is 0 Å². The molecule has 0 atom stereocenters. The first-order valence-corrected chi connectivity index (χ1v) is 5.44. The number of benzene rings is 1. The second kappa shape index (κ2) is 4.85. The van der Waals surface area contributed by atoms with Crippen molar-refractivity contribution in [2.45, 2.75) is 6.92 Å². The normalized spacial score (nSPS) is 9.83. The summed E-state index contributed by atoms with van der Waals surface area (Å²) in [6.45, 7) is 2.08. The molecule has 1 rings (SSSR count). The van der Waals surface area contributed by atoms with Crippen molar-refractivity contribution in [1.29, 1.82) is 0 Å². The van der Waals surface area contributed by atoms with E-state index in [1.54, 1.807) is 11.8 Å². The molecule has 12 heavy (non-hydrogen) atoms. The smallest absolute Gasteiger partial charge is 0.0778 e. The van der Waals surface area contributed by atoms with Crippen molar-refractivity contribution in [1.82, 2.24) is 0 Å². The Morgan fingerprint density at radius 3 is 2.92 bits per heavy atom. The van der Waals surface area contributed by atoms with Crippen LogP contribution in [-0.4, -0.2) is 9.95 Å². The lowest BCUT2D eigenvalue weighted by molar-refractivity contribution is 1.54. The Labute approximate surface area is 87.3 Å². The Hall–Kier alpha value is -0.0500. The monoisotopic (exact) mass is 216 g/mol. The molecule has 64 valence electrons. The standard InChI is InChI=1S/C9H9ClS2/c1-2-12-9(11)7-4-3-5-8(10)6-7/h3-6H,2H2,1H3. The van der Waals surface area contributed by atoms with Crippen molar-refractivity contribution in [2.24, 2.45) is 0 Å². The van der Waals surface area contributed by atoms with Crippen molar-refractivity contribution in [3.05, 3.63) is 34.9 Å². The minimum Gasteiger partial charge on any atom is -0.114 e. The van der Waals surface area contributed by atoms with E-state index < -0.39 is 0 Å². The first kappa shape index (κ1) is 10.0. The SMILES string of the molecule is CCSC(=S)c1cccc(Cl)c1. The van der Waals surface area contributed by atoms with Crippen LogP contribution in [0.4, 0.5) is 0 Å². The second-order valence-corrected chi connectivity index (χ2v) is 4.61. The summed E-state index contributed by atoms with van der Waals surface area (Å²) in [5.41, 5.74) is 1.05. The summed E-state index contributed by atoms with van der Waals surface area (Å²) in [7, 11) is 0. The maximum absolute atomic E-state index is 5.82. The predicted molar refractivity (Wildman–Crippen MR) is 61.3 cm³/mol. The van der Waals surface area contributed by atoms with E-state index in [-0.39, 0.29) is 0 Å². The molecule has 0 N–H and O–H groups in total. The summed E-state index contributed by atoms with van der Waals surface area (Å²) < 4.78 is 0.917. The molecule has 0 aromatic heterocycles. The summed E-state index contributed by atoms with van der Waals surface area (Å²) >= 11 is 12.7. The highest BCUT2D eigenvalue weighted by molar-refractivity contribution is 8.23. The molecule has 0 aliphatic rings. The third-order valence-corrected chi connectivity index (χ3v) is 2.95. The molecule has 0 heterocycles. The fraction of sp³-hybridized carbons (Fsp3) is 0.222. The fourth-order valence-corrected chi connectivity index (χ4v) is 2.06. The molecule has 0 nitrogen and oxygen atoms in total. The topological polar surface area (TPSA) is 0 Å². The minimum atomic E-state index is 0.742. The van der Waals surface area contributed by atoms with Crippen LogP contribution < -0.4 is 0 Å². The summed E-state index contributed by atoms with van der Waals surface area (Å²) in [6.07, 6.45) is 0. The molecular formula is C9H9ClS2. The molecule has 0 aliphatic carbocycles. The van der Waals surface area contributed by atoms with Gasteiger partial charge in [0.15, 0.2) is 0 Å². The zero-order chi connectivity index (χ0) is 8.97. The Balaban J connectivity index is 2.81. The van der Waals surface area contributed by atoms with Crippen LogP contribution in [0.15, 0.2) is 24.3 Å². The van der Waals surface area contributed by atoms with Crippen LogP contribution in [0.5, 0.6) is 0 Å². The molecule has 0 bridgehead atoms. The van der Waals surface area contributed by atoms with Crippen molar-refractivity contribution in [3.63, 3.8) is 0 Å². The summed E-state index contributed by atoms with van der Waals surface area (Å²) in [5, 5.41) is 0.742. The van der Waals surface area contributed by atoms with Gasteiger partial charge in [-0.15, -0.1) is 11.8 Å². The van der Waals surface area contributed by atoms with E-state index in [0.29, 0.717) is 0 Å². The summed E-state index contributed by atoms with van der Waals surface area (Å²) in [4.78, 5) is 0. The molecule has 1 aromatic carbocycles. The average Bonchev–Trinajstić information content (AvgIpc) is 2.05. The molecule has 0 unspecified atom stereocenters. The zero-order valence-corrected chi connectivity index (χ0v) is 9.10. The lowest BCUT2D eigenvalue weighted by Crippen LogP contribution is -1.90. The van der Waals surface area contributed by atoms with E-state index in [9.17, 15) is 0 Å². The largest absolute Gasteiger partial charge is 0.114 e. The first-order valence-electron chi connectivity index (χ1n) is 3.66. The lowest BCUT2D eigenvalue weighted by Gasteiger charge is -2.01. The lowest BCUT2D eigenvalue weighted by atomic mass is 10.2. The van der Waals surface area contributed by atoms with Crippen LogP contribution in [0.25, 0.3) is 0 Å². The number of hydrogen-bond acceptors (Lipinski definition) is 2. The van der Waals surface area contributed by atoms with Crippen molar-refractivity contribution in [2.75, 3.05) is 5.75 Å². The van der Waals surface area contributed by atoms with Crippen LogP contribution in [-0.2, 0) is 0 Å². The molecule has 0 fully saturated rings. The van der Waals surface area contributed by atoms with Crippen LogP contribution in [0.2, 0.25) is 5.02 Å². The number of rotatable bonds is 2. The number of halogens is 1. The van der Waals surface area contributed by atoms with Gasteiger partial charge in [-0.2, -0.15) is 0 Å². The van der Waals surface area contributed by atoms with E-state index in [1.807, 2.05) is 24.3 Å². The van der Waals surface area contributed by atoms with Crippen LogP contribution >= 0.6 is 35.6 Å². The van der Waals surface area contributed by atoms with Gasteiger partial charge in [0.25, 0.3) is 0 Å². The molecule has 3 heteroatoms. The molecule has 1 aromatic rings. The van der Waals surface area contributed by atoms with E-state index in [1.165, 1.54) is 0 Å². The molecule has 0 amide bonds. The van der Waals surface area contributed by atoms with Gasteiger partial charge in [-0.1, -0.05) is 42.9 Å². The van der Waals surface area contributed by atoms with Gasteiger partial charge in [-0.3, -0.25) is 0 Å². The molecule has 0 saturated heterocycles. The van der Waals surface area contributed by atoms with Gasteiger partial charge in [0.2, 0.25) is 0 Å². The van der Waals surface area contributed by atoms with E-state index in [4.69, 9.17) is 23.8 Å². The highest BCUT2D eigenvalue weighted by Crippen LogP contribution is 2.17. The Bertz CT molecular complexity index is 284. The maximum Gasteiger partial charge on any atom is 0.0778 e. The molecule has 0 saturated carbocycles. The van der Waals surface area contributed by atoms with Crippen molar-refractivity contribution >= 4 is 39.8 Å². The number of thioether (sulfide) groups is 1. The van der Waals surface area contributed by atoms with Crippen molar-refractivity contribution in [3.8, 4) is 0 Å². The van der Waals surface area contributed by atoms with Crippen LogP contribution in [0.1, 0.15) is 12.5 Å². The van der Waals surface area contributed by atoms with Gasteiger partial charge < -0.3 is 0 Å². The molecule has 0 spiro atoms. The Morgan fingerprint density at radius 1 is 1.58 bits per heavy atom. The van der Waals surface area contributed by atoms with Crippen molar-refractivity contribution < 1.29 is 0 Å². The first-order chi connectivity index (χ1) is 5.74. The van der Waals surface area contributed by atoms with Gasteiger partial charge in [0.1, 0.15) is 0 Å². The van der Waals surface area contributed by atoms with E-state index in [2.05, 4.69) is 6.92 Å². The molecular weight excluding hydrogens is 208 g/mol. The Morgan fingerprint density at radius 2 is 2.33 bits per heavy atom.